The molecule has 0 spiro atoms. The molecule has 4 unspecified atom stereocenters. The Bertz CT molecular complexity index is 1540. The van der Waals surface area contributed by atoms with E-state index in [4.69, 9.17) is 4.42 Å². The molecule has 1 fully saturated rings. The van der Waals surface area contributed by atoms with Crippen molar-refractivity contribution in [3.05, 3.63) is 130 Å². The predicted molar refractivity (Wildman–Crippen MR) is 147 cm³/mol. The van der Waals surface area contributed by atoms with Crippen LogP contribution < -0.4 is 10.3 Å². The van der Waals surface area contributed by atoms with Crippen molar-refractivity contribution in [3.63, 3.8) is 0 Å². The first-order valence-electron chi connectivity index (χ1n) is 12.9. The highest BCUT2D eigenvalue weighted by atomic mass is 32.2. The lowest BCUT2D eigenvalue weighted by Crippen LogP contribution is -2.29. The van der Waals surface area contributed by atoms with Crippen LogP contribution in [-0.2, 0) is 16.4 Å². The maximum Gasteiger partial charge on any atom is 0.343 e. The second kappa shape index (κ2) is 11.0. The molecule has 0 amide bonds. The van der Waals surface area contributed by atoms with Gasteiger partial charge in [0.2, 0.25) is 10.0 Å². The Morgan fingerprint density at radius 1 is 0.947 bits per heavy atom. The highest BCUT2D eigenvalue weighted by Crippen LogP contribution is 2.48. The Morgan fingerprint density at radius 2 is 1.55 bits per heavy atom. The summed E-state index contributed by atoms with van der Waals surface area (Å²) in [4.78, 5) is 13.6. The van der Waals surface area contributed by atoms with Crippen LogP contribution in [0.4, 0.5) is 0 Å². The third kappa shape index (κ3) is 5.59. The van der Waals surface area contributed by atoms with Crippen LogP contribution in [0.2, 0.25) is 0 Å². The van der Waals surface area contributed by atoms with Crippen molar-refractivity contribution in [2.75, 3.05) is 0 Å². The fraction of sp³-hybridized carbons (Fsp3) is 0.258. The van der Waals surface area contributed by atoms with Crippen LogP contribution in [0.15, 0.2) is 111 Å². The second-order valence-corrected chi connectivity index (χ2v) is 11.6. The summed E-state index contributed by atoms with van der Waals surface area (Å²) in [5.74, 6) is -0.452. The molecule has 1 aromatic heterocycles. The van der Waals surface area contributed by atoms with Gasteiger partial charge in [0.05, 0.1) is 10.5 Å². The van der Waals surface area contributed by atoms with E-state index in [1.807, 2.05) is 67.6 Å². The Balaban J connectivity index is 1.45. The zero-order chi connectivity index (χ0) is 26.7. The lowest BCUT2D eigenvalue weighted by Gasteiger charge is -2.20. The molecule has 2 N–H and O–H groups in total. The topological polar surface area (TPSA) is 96.6 Å². The fourth-order valence-corrected chi connectivity index (χ4v) is 6.54. The molecule has 6 nitrogen and oxygen atoms in total. The fourth-order valence-electron chi connectivity index (χ4n) is 5.21. The second-order valence-electron chi connectivity index (χ2n) is 9.86. The van der Waals surface area contributed by atoms with E-state index in [-0.39, 0.29) is 34.1 Å². The first-order valence-corrected chi connectivity index (χ1v) is 14.4. The molecule has 4 atom stereocenters. The summed E-state index contributed by atoms with van der Waals surface area (Å²) in [5, 5.41) is 11.2. The van der Waals surface area contributed by atoms with Gasteiger partial charge in [-0.2, -0.15) is 0 Å². The van der Waals surface area contributed by atoms with Gasteiger partial charge in [0, 0.05) is 23.9 Å². The summed E-state index contributed by atoms with van der Waals surface area (Å²) in [6.45, 7) is 2.03. The van der Waals surface area contributed by atoms with E-state index in [9.17, 15) is 18.3 Å². The number of hydrogen-bond acceptors (Lipinski definition) is 5. The quantitative estimate of drug-likeness (QED) is 0.280. The number of aromatic hydroxyl groups is 1. The lowest BCUT2D eigenvalue weighted by atomic mass is 9.86. The minimum absolute atomic E-state index is 0.0634. The summed E-state index contributed by atoms with van der Waals surface area (Å²) in [6, 6.07) is 28.8. The SMILES string of the molecule is CCC(Cc1ccccc1)c1cc(O)c(C(c2ccccc2)C2CC2NS(=O)(=O)c2ccccc2)c(=O)o1. The van der Waals surface area contributed by atoms with Crippen LogP contribution in [0.5, 0.6) is 5.75 Å². The standard InChI is InChI=1S/C31H31NO5S/c1-2-22(18-21-12-6-3-7-13-21)28-20-27(33)30(31(34)37-28)29(23-14-8-4-9-15-23)25-19-26(25)32-38(35,36)24-16-10-5-11-17-24/h3-17,20,22,25-26,29,32-33H,2,18-19H2,1H3. The van der Waals surface area contributed by atoms with Gasteiger partial charge < -0.3 is 9.52 Å². The van der Waals surface area contributed by atoms with Crippen molar-refractivity contribution < 1.29 is 17.9 Å². The molecular formula is C31H31NO5S. The maximum atomic E-state index is 13.4. The number of hydrogen-bond donors (Lipinski definition) is 2. The average Bonchev–Trinajstić information content (AvgIpc) is 3.68. The molecule has 0 radical (unpaired) electrons. The Labute approximate surface area is 223 Å². The number of rotatable bonds is 10. The van der Waals surface area contributed by atoms with Gasteiger partial charge in [0.15, 0.2) is 0 Å². The third-order valence-corrected chi connectivity index (χ3v) is 8.81. The van der Waals surface area contributed by atoms with Gasteiger partial charge in [-0.15, -0.1) is 0 Å². The zero-order valence-corrected chi connectivity index (χ0v) is 22.0. The first kappa shape index (κ1) is 25.9. The normalized spacial score (nSPS) is 18.6. The molecule has 5 rings (SSSR count). The Morgan fingerprint density at radius 3 is 2.16 bits per heavy atom. The van der Waals surface area contributed by atoms with E-state index >= 15 is 0 Å². The van der Waals surface area contributed by atoms with Gasteiger partial charge in [0.25, 0.3) is 0 Å². The van der Waals surface area contributed by atoms with Gasteiger partial charge in [-0.05, 0) is 48.4 Å². The third-order valence-electron chi connectivity index (χ3n) is 7.30. The van der Waals surface area contributed by atoms with Gasteiger partial charge in [-0.25, -0.2) is 17.9 Å². The number of sulfonamides is 1. The maximum absolute atomic E-state index is 13.4. The molecule has 0 aliphatic heterocycles. The van der Waals surface area contributed by atoms with E-state index in [0.717, 1.165) is 17.5 Å². The van der Waals surface area contributed by atoms with E-state index in [0.29, 0.717) is 18.6 Å². The number of nitrogens with one attached hydrogen (secondary N) is 1. The largest absolute Gasteiger partial charge is 0.507 e. The van der Waals surface area contributed by atoms with E-state index in [1.165, 1.54) is 0 Å². The minimum Gasteiger partial charge on any atom is -0.507 e. The Kier molecular flexibility index (Phi) is 7.49. The summed E-state index contributed by atoms with van der Waals surface area (Å²) in [6.07, 6.45) is 1.97. The van der Waals surface area contributed by atoms with Crippen LogP contribution in [0.3, 0.4) is 0 Å². The molecule has 7 heteroatoms. The van der Waals surface area contributed by atoms with Crippen molar-refractivity contribution in [1.82, 2.24) is 4.72 Å². The Hall–Kier alpha value is -3.68. The molecule has 0 saturated heterocycles. The van der Waals surface area contributed by atoms with Crippen LogP contribution in [-0.4, -0.2) is 19.6 Å². The molecule has 1 heterocycles. The first-order chi connectivity index (χ1) is 18.4. The predicted octanol–water partition coefficient (Wildman–Crippen LogP) is 5.58. The summed E-state index contributed by atoms with van der Waals surface area (Å²) >= 11 is 0. The van der Waals surface area contributed by atoms with Crippen LogP contribution >= 0.6 is 0 Å². The van der Waals surface area contributed by atoms with Gasteiger partial charge in [-0.1, -0.05) is 85.8 Å². The molecule has 4 aromatic rings. The van der Waals surface area contributed by atoms with Gasteiger partial charge in [-0.3, -0.25) is 0 Å². The molecule has 38 heavy (non-hydrogen) atoms. The summed E-state index contributed by atoms with van der Waals surface area (Å²) in [7, 11) is -3.71. The molecule has 1 aliphatic rings. The van der Waals surface area contributed by atoms with Crippen molar-refractivity contribution in [2.45, 2.75) is 49.0 Å². The summed E-state index contributed by atoms with van der Waals surface area (Å²) < 4.78 is 34.5. The van der Waals surface area contributed by atoms with E-state index < -0.39 is 21.6 Å². The molecule has 196 valence electrons. The molecule has 1 saturated carbocycles. The minimum atomic E-state index is -3.71. The highest BCUT2D eigenvalue weighted by Gasteiger charge is 2.48. The summed E-state index contributed by atoms with van der Waals surface area (Å²) in [5.41, 5.74) is 1.53. The van der Waals surface area contributed by atoms with Crippen LogP contribution in [0.1, 0.15) is 54.1 Å². The van der Waals surface area contributed by atoms with Crippen LogP contribution in [0.25, 0.3) is 0 Å². The monoisotopic (exact) mass is 529 g/mol. The number of benzene rings is 3. The smallest absolute Gasteiger partial charge is 0.343 e. The zero-order valence-electron chi connectivity index (χ0n) is 21.2. The van der Waals surface area contributed by atoms with Gasteiger partial charge >= 0.3 is 5.63 Å². The highest BCUT2D eigenvalue weighted by molar-refractivity contribution is 7.89. The average molecular weight is 530 g/mol. The molecule has 0 bridgehead atoms. The lowest BCUT2D eigenvalue weighted by molar-refractivity contribution is 0.379. The van der Waals surface area contributed by atoms with Crippen LogP contribution in [0, 0.1) is 5.92 Å². The van der Waals surface area contributed by atoms with Crippen molar-refractivity contribution >= 4 is 10.0 Å². The van der Waals surface area contributed by atoms with Crippen molar-refractivity contribution in [1.29, 1.82) is 0 Å². The van der Waals surface area contributed by atoms with Crippen molar-refractivity contribution in [3.8, 4) is 5.75 Å². The molecular weight excluding hydrogens is 498 g/mol. The van der Waals surface area contributed by atoms with E-state index in [2.05, 4.69) is 4.72 Å². The van der Waals surface area contributed by atoms with E-state index in [1.54, 1.807) is 36.4 Å². The molecule has 1 aliphatic carbocycles. The van der Waals surface area contributed by atoms with Crippen molar-refractivity contribution in [2.24, 2.45) is 5.92 Å². The molecule has 3 aromatic carbocycles. The van der Waals surface area contributed by atoms with Gasteiger partial charge in [0.1, 0.15) is 11.5 Å².